The Morgan fingerprint density at radius 1 is 1.11 bits per heavy atom. The maximum atomic E-state index is 12.7. The van der Waals surface area contributed by atoms with E-state index in [1.807, 2.05) is 36.4 Å². The summed E-state index contributed by atoms with van der Waals surface area (Å²) in [6.45, 7) is 2.07. The lowest BCUT2D eigenvalue weighted by Gasteiger charge is -2.15. The average Bonchev–Trinajstić information content (AvgIpc) is 3.53. The molecule has 1 aliphatic heterocycles. The molecular formula is C25H23N3O6S. The highest BCUT2D eigenvalue weighted by atomic mass is 32.1. The van der Waals surface area contributed by atoms with Crippen LogP contribution in [0.5, 0.6) is 0 Å². The van der Waals surface area contributed by atoms with Crippen molar-refractivity contribution in [2.75, 3.05) is 18.5 Å². The largest absolute Gasteiger partial charge is 0.479 e. The number of carboxylic acids is 1. The molecule has 3 N–H and O–H groups in total. The Bertz CT molecular complexity index is 1260. The highest BCUT2D eigenvalue weighted by molar-refractivity contribution is 7.17. The first-order chi connectivity index (χ1) is 16.9. The van der Waals surface area contributed by atoms with Crippen LogP contribution in [0.25, 0.3) is 11.1 Å². The quantitative estimate of drug-likeness (QED) is 0.477. The number of amides is 2. The third kappa shape index (κ3) is 4.50. The van der Waals surface area contributed by atoms with Gasteiger partial charge in [0.15, 0.2) is 11.2 Å². The van der Waals surface area contributed by atoms with Crippen molar-refractivity contribution in [3.8, 4) is 11.1 Å². The van der Waals surface area contributed by atoms with Gasteiger partial charge in [-0.1, -0.05) is 59.9 Å². The van der Waals surface area contributed by atoms with Crippen molar-refractivity contribution in [3.63, 3.8) is 0 Å². The van der Waals surface area contributed by atoms with Crippen LogP contribution in [-0.4, -0.2) is 53.4 Å². The van der Waals surface area contributed by atoms with E-state index in [1.54, 1.807) is 6.92 Å². The minimum absolute atomic E-state index is 0.0664. The van der Waals surface area contributed by atoms with Gasteiger partial charge in [-0.25, -0.2) is 14.6 Å². The van der Waals surface area contributed by atoms with E-state index >= 15 is 0 Å². The molecule has 9 nitrogen and oxygen atoms in total. The number of thiazole rings is 1. The van der Waals surface area contributed by atoms with Gasteiger partial charge in [-0.05, 0) is 35.6 Å². The molecule has 2 amide bonds. The van der Waals surface area contributed by atoms with E-state index in [0.717, 1.165) is 33.6 Å². The van der Waals surface area contributed by atoms with Gasteiger partial charge in [-0.15, -0.1) is 0 Å². The van der Waals surface area contributed by atoms with E-state index in [-0.39, 0.29) is 29.1 Å². The number of fused-ring (bicyclic) bond motifs is 3. The molecule has 1 aromatic heterocycles. The molecule has 1 fully saturated rings. The molecule has 2 heterocycles. The summed E-state index contributed by atoms with van der Waals surface area (Å²) >= 11 is 1.00. The number of aryl methyl sites for hydroxylation is 1. The smallest absolute Gasteiger partial charge is 0.413 e. The maximum Gasteiger partial charge on any atom is 0.413 e. The van der Waals surface area contributed by atoms with E-state index in [2.05, 4.69) is 27.8 Å². The number of carbonyl (C=O) groups excluding carboxylic acids is 2. The molecule has 0 saturated carbocycles. The van der Waals surface area contributed by atoms with Crippen LogP contribution >= 0.6 is 11.3 Å². The third-order valence-corrected chi connectivity index (χ3v) is 7.28. The lowest BCUT2D eigenvalue weighted by molar-refractivity contribution is -0.148. The normalized spacial score (nSPS) is 18.5. The summed E-state index contributed by atoms with van der Waals surface area (Å²) in [5.41, 5.74) is 4.93. The first-order valence-electron chi connectivity index (χ1n) is 11.2. The number of hydrogen-bond donors (Lipinski definition) is 3. The van der Waals surface area contributed by atoms with Crippen molar-refractivity contribution in [1.82, 2.24) is 10.3 Å². The van der Waals surface area contributed by atoms with Crippen LogP contribution in [0.3, 0.4) is 0 Å². The Labute approximate surface area is 205 Å². The second-order valence-corrected chi connectivity index (χ2v) is 9.38. The second kappa shape index (κ2) is 9.47. The van der Waals surface area contributed by atoms with Crippen LogP contribution < -0.4 is 10.6 Å². The van der Waals surface area contributed by atoms with Crippen molar-refractivity contribution >= 4 is 34.4 Å². The maximum absolute atomic E-state index is 12.7. The number of carboxylic acid groups (broad SMARTS) is 1. The van der Waals surface area contributed by atoms with Gasteiger partial charge >= 0.3 is 12.1 Å². The molecule has 3 aromatic rings. The van der Waals surface area contributed by atoms with Gasteiger partial charge in [-0.3, -0.25) is 10.1 Å². The number of aromatic nitrogens is 1. The number of rotatable bonds is 6. The fraction of sp³-hybridized carbons (Fsp3) is 0.280. The van der Waals surface area contributed by atoms with Gasteiger partial charge in [0.25, 0.3) is 5.91 Å². The Hall–Kier alpha value is -3.76. The van der Waals surface area contributed by atoms with Gasteiger partial charge in [0.05, 0.1) is 11.7 Å². The van der Waals surface area contributed by atoms with Crippen LogP contribution in [-0.2, 0) is 14.3 Å². The van der Waals surface area contributed by atoms with Crippen LogP contribution in [0, 0.1) is 6.92 Å². The summed E-state index contributed by atoms with van der Waals surface area (Å²) < 4.78 is 10.7. The second-order valence-electron chi connectivity index (χ2n) is 8.38. The number of benzene rings is 2. The zero-order valence-electron chi connectivity index (χ0n) is 18.8. The van der Waals surface area contributed by atoms with E-state index < -0.39 is 30.1 Å². The third-order valence-electron chi connectivity index (χ3n) is 6.21. The first-order valence-corrected chi connectivity index (χ1v) is 12.0. The standard InChI is InChI=1S/C25H23N3O6S/c1-13-21(22(29)27-19-10-11-33-20(19)23(30)31)35-24(26-13)28-25(32)34-12-18-16-8-4-2-6-14(16)15-7-3-5-9-17(15)18/h2-9,18-20H,10-12H2,1H3,(H,27,29)(H,30,31)(H,26,28,32)/t19-,20+/m1/s1. The summed E-state index contributed by atoms with van der Waals surface area (Å²) in [5, 5.41) is 14.7. The zero-order valence-corrected chi connectivity index (χ0v) is 19.6. The molecule has 0 bridgehead atoms. The van der Waals surface area contributed by atoms with Gasteiger partial charge in [0.1, 0.15) is 11.5 Å². The van der Waals surface area contributed by atoms with Gasteiger partial charge in [-0.2, -0.15) is 0 Å². The summed E-state index contributed by atoms with van der Waals surface area (Å²) in [6.07, 6.45) is -1.33. The molecule has 180 valence electrons. The number of nitrogens with zero attached hydrogens (tertiary/aromatic N) is 1. The zero-order chi connectivity index (χ0) is 24.5. The van der Waals surface area contributed by atoms with E-state index in [4.69, 9.17) is 9.47 Å². The highest BCUT2D eigenvalue weighted by Crippen LogP contribution is 2.44. The summed E-state index contributed by atoms with van der Waals surface area (Å²) in [4.78, 5) is 41.0. The van der Waals surface area contributed by atoms with Gasteiger partial charge < -0.3 is 19.9 Å². The van der Waals surface area contributed by atoms with Crippen LogP contribution in [0.4, 0.5) is 9.93 Å². The van der Waals surface area contributed by atoms with Crippen LogP contribution in [0.15, 0.2) is 48.5 Å². The van der Waals surface area contributed by atoms with E-state index in [9.17, 15) is 19.5 Å². The molecular weight excluding hydrogens is 470 g/mol. The monoisotopic (exact) mass is 493 g/mol. The fourth-order valence-electron chi connectivity index (χ4n) is 4.60. The van der Waals surface area contributed by atoms with Gasteiger partial charge in [0.2, 0.25) is 0 Å². The minimum atomic E-state index is -1.12. The SMILES string of the molecule is Cc1nc(NC(=O)OCC2c3ccccc3-c3ccccc32)sc1C(=O)N[C@@H]1CCO[C@@H]1C(=O)O. The van der Waals surface area contributed by atoms with E-state index in [1.165, 1.54) is 0 Å². The van der Waals surface area contributed by atoms with Crippen molar-refractivity contribution in [2.45, 2.75) is 31.4 Å². The topological polar surface area (TPSA) is 127 Å². The molecule has 2 aliphatic rings. The lowest BCUT2D eigenvalue weighted by Crippen LogP contribution is -2.44. The molecule has 10 heteroatoms. The molecule has 0 spiro atoms. The average molecular weight is 494 g/mol. The number of carbonyl (C=O) groups is 3. The number of hydrogen-bond acceptors (Lipinski definition) is 7. The molecule has 0 unspecified atom stereocenters. The molecule has 0 radical (unpaired) electrons. The van der Waals surface area contributed by atoms with Crippen molar-refractivity contribution in [2.24, 2.45) is 0 Å². The highest BCUT2D eigenvalue weighted by Gasteiger charge is 2.36. The van der Waals surface area contributed by atoms with E-state index in [0.29, 0.717) is 12.1 Å². The van der Waals surface area contributed by atoms with Crippen LogP contribution in [0.1, 0.15) is 38.8 Å². The lowest BCUT2D eigenvalue weighted by atomic mass is 9.98. The Balaban J connectivity index is 1.22. The molecule has 1 saturated heterocycles. The summed E-state index contributed by atoms with van der Waals surface area (Å²) in [6, 6.07) is 15.5. The predicted octanol–water partition coefficient (Wildman–Crippen LogP) is 3.78. The number of aliphatic carboxylic acids is 1. The molecule has 1 aliphatic carbocycles. The van der Waals surface area contributed by atoms with Crippen LogP contribution in [0.2, 0.25) is 0 Å². The van der Waals surface area contributed by atoms with Crippen molar-refractivity contribution in [1.29, 1.82) is 0 Å². The van der Waals surface area contributed by atoms with Crippen molar-refractivity contribution < 1.29 is 29.0 Å². The van der Waals surface area contributed by atoms with Crippen molar-refractivity contribution in [3.05, 3.63) is 70.2 Å². The number of nitrogens with one attached hydrogen (secondary N) is 2. The molecule has 2 aromatic carbocycles. The predicted molar refractivity (Wildman–Crippen MR) is 129 cm³/mol. The summed E-state index contributed by atoms with van der Waals surface area (Å²) in [7, 11) is 0. The molecule has 35 heavy (non-hydrogen) atoms. The first kappa shape index (κ1) is 23.0. The minimum Gasteiger partial charge on any atom is -0.479 e. The Morgan fingerprint density at radius 2 is 1.77 bits per heavy atom. The van der Waals surface area contributed by atoms with Gasteiger partial charge in [0, 0.05) is 12.5 Å². The molecule has 5 rings (SSSR count). The Morgan fingerprint density at radius 3 is 2.43 bits per heavy atom. The number of anilines is 1. The summed E-state index contributed by atoms with van der Waals surface area (Å²) in [5.74, 6) is -1.64. The number of ether oxygens (including phenoxy) is 2. The molecule has 2 atom stereocenters. The fourth-order valence-corrected chi connectivity index (χ4v) is 5.45. The Kier molecular flexibility index (Phi) is 6.23.